The lowest BCUT2D eigenvalue weighted by Crippen LogP contribution is -2.61. The number of nitrogens with one attached hydrogen (secondary N) is 1. The summed E-state index contributed by atoms with van der Waals surface area (Å²) in [5.41, 5.74) is 0.553. The molecule has 0 aromatic heterocycles. The predicted octanol–water partition coefficient (Wildman–Crippen LogP) is 9.26. The van der Waals surface area contributed by atoms with Crippen LogP contribution in [0.4, 0.5) is 10.5 Å². The molecule has 1 amide bonds. The van der Waals surface area contributed by atoms with Crippen LogP contribution in [0.15, 0.2) is 35.5 Å². The second kappa shape index (κ2) is 14.3. The number of anilines is 1. The molecule has 1 aromatic rings. The van der Waals surface area contributed by atoms with Crippen molar-refractivity contribution in [3.05, 3.63) is 30.3 Å². The molecular formula is C43H64N2O10. The van der Waals surface area contributed by atoms with E-state index in [2.05, 4.69) is 45.1 Å². The summed E-state index contributed by atoms with van der Waals surface area (Å²) in [6.45, 7) is 17.1. The first-order valence-electron chi connectivity index (χ1n) is 21.1. The van der Waals surface area contributed by atoms with Crippen LogP contribution >= 0.6 is 0 Å². The molecule has 8 rings (SSSR count). The Morgan fingerprint density at radius 2 is 1.45 bits per heavy atom. The van der Waals surface area contributed by atoms with Gasteiger partial charge in [0, 0.05) is 42.7 Å². The normalized spacial score (nSPS) is 50.3. The minimum absolute atomic E-state index is 0.142. The summed E-state index contributed by atoms with van der Waals surface area (Å²) < 4.78 is 27.8. The number of amides is 1. The maximum atomic E-state index is 13.1. The lowest BCUT2D eigenvalue weighted by atomic mass is 9.56. The van der Waals surface area contributed by atoms with Crippen LogP contribution in [0.5, 0.6) is 0 Å². The standard InChI is InChI=1S/C43H64N2O10/c1-24-14-16-31-26(3)34(50-42(8)36(31)30(24)18-20-40(6,53-42)55-48)22-29(45-52-38(46)44-28-12-10-9-11-13-28)23-35-27(4)33-17-15-25(2)32-19-21-39(5,54-47)51-37-41(7,49-35)43(32,33)37/h9-13,24-27,30-37,47-48H,14-23H2,1-8H3,(H,44,46). The monoisotopic (exact) mass is 768 g/mol. The van der Waals surface area contributed by atoms with Gasteiger partial charge in [-0.05, 0) is 113 Å². The Morgan fingerprint density at radius 3 is 2.16 bits per heavy atom. The van der Waals surface area contributed by atoms with Crippen LogP contribution < -0.4 is 5.32 Å². The van der Waals surface area contributed by atoms with Crippen molar-refractivity contribution in [3.8, 4) is 0 Å². The quantitative estimate of drug-likeness (QED) is 0.101. The third kappa shape index (κ3) is 6.49. The molecule has 17 atom stereocenters. The van der Waals surface area contributed by atoms with Crippen molar-refractivity contribution in [2.45, 2.75) is 161 Å². The van der Waals surface area contributed by atoms with E-state index < -0.39 is 29.1 Å². The molecule has 3 saturated carbocycles. The summed E-state index contributed by atoms with van der Waals surface area (Å²) in [6, 6.07) is 9.18. The summed E-state index contributed by atoms with van der Waals surface area (Å²) in [5, 5.41) is 27.4. The molecule has 17 unspecified atom stereocenters. The number of fused-ring (bicyclic) bond motifs is 1. The minimum atomic E-state index is -1.19. The zero-order valence-corrected chi connectivity index (χ0v) is 34.0. The second-order valence-corrected chi connectivity index (χ2v) is 19.3. The van der Waals surface area contributed by atoms with Gasteiger partial charge >= 0.3 is 6.09 Å². The third-order valence-corrected chi connectivity index (χ3v) is 16.2. The summed E-state index contributed by atoms with van der Waals surface area (Å²) in [7, 11) is 0. The Kier molecular flexibility index (Phi) is 10.3. The number of nitrogens with zero attached hydrogens (tertiary/aromatic N) is 1. The van der Waals surface area contributed by atoms with E-state index >= 15 is 0 Å². The van der Waals surface area contributed by atoms with Crippen molar-refractivity contribution in [2.75, 3.05) is 5.32 Å². The molecule has 7 fully saturated rings. The Hall–Kier alpha value is -2.16. The first-order valence-corrected chi connectivity index (χ1v) is 21.1. The highest BCUT2D eigenvalue weighted by atomic mass is 17.2. The van der Waals surface area contributed by atoms with Crippen molar-refractivity contribution in [1.29, 1.82) is 0 Å². The fourth-order valence-electron chi connectivity index (χ4n) is 13.5. The second-order valence-electron chi connectivity index (χ2n) is 19.3. The Morgan fingerprint density at radius 1 is 0.782 bits per heavy atom. The summed E-state index contributed by atoms with van der Waals surface area (Å²) in [6.07, 6.45) is 6.80. The smallest absolute Gasteiger partial charge is 0.368 e. The number of carbonyl (C=O) groups is 1. The highest BCUT2D eigenvalue weighted by Crippen LogP contribution is 2.79. The SMILES string of the molecule is CC1CCC2C(C)C(CC(CC3OC4(C)C5OC(C)(OO)CCC6C(C)CCC(C3C)C654)=NOC(=O)Nc3ccccc3)OC3(C)OC(C)(OO)CCC1C23. The fraction of sp³-hybridized carbons (Fsp3) is 0.814. The van der Waals surface area contributed by atoms with E-state index in [1.165, 1.54) is 0 Å². The number of oxime groups is 1. The molecule has 12 nitrogen and oxygen atoms in total. The fourth-order valence-corrected chi connectivity index (χ4v) is 13.5. The number of hydrogen-bond donors (Lipinski definition) is 3. The van der Waals surface area contributed by atoms with Crippen LogP contribution in [0, 0.1) is 58.7 Å². The van der Waals surface area contributed by atoms with Gasteiger partial charge in [0.05, 0.1) is 24.0 Å². The predicted molar refractivity (Wildman–Crippen MR) is 203 cm³/mol. The van der Waals surface area contributed by atoms with Gasteiger partial charge in [-0.2, -0.15) is 0 Å². The van der Waals surface area contributed by atoms with Gasteiger partial charge in [-0.3, -0.25) is 10.2 Å². The molecule has 3 N–H and O–H groups in total. The van der Waals surface area contributed by atoms with Crippen LogP contribution in [0.1, 0.15) is 120 Å². The number of hydrogen-bond acceptors (Lipinski definition) is 11. The minimum Gasteiger partial charge on any atom is -0.368 e. The highest BCUT2D eigenvalue weighted by molar-refractivity contribution is 5.88. The largest absolute Gasteiger partial charge is 0.437 e. The molecule has 7 aliphatic rings. The first-order chi connectivity index (χ1) is 26.1. The van der Waals surface area contributed by atoms with Crippen molar-refractivity contribution in [1.82, 2.24) is 0 Å². The van der Waals surface area contributed by atoms with E-state index in [1.807, 2.05) is 32.0 Å². The molecule has 1 aromatic carbocycles. The van der Waals surface area contributed by atoms with Crippen molar-refractivity contribution in [3.63, 3.8) is 0 Å². The highest BCUT2D eigenvalue weighted by Gasteiger charge is 2.86. The Labute approximate surface area is 326 Å². The van der Waals surface area contributed by atoms with Crippen LogP contribution in [-0.4, -0.2) is 63.6 Å². The molecule has 3 aliphatic carbocycles. The lowest BCUT2D eigenvalue weighted by Gasteiger charge is -2.57. The summed E-state index contributed by atoms with van der Waals surface area (Å²) in [4.78, 5) is 28.8. The molecular weight excluding hydrogens is 704 g/mol. The maximum Gasteiger partial charge on any atom is 0.437 e. The van der Waals surface area contributed by atoms with Gasteiger partial charge in [0.25, 0.3) is 0 Å². The summed E-state index contributed by atoms with van der Waals surface area (Å²) >= 11 is 0. The van der Waals surface area contributed by atoms with Crippen molar-refractivity contribution >= 4 is 17.5 Å². The molecule has 4 aliphatic heterocycles. The van der Waals surface area contributed by atoms with Crippen LogP contribution in [0.25, 0.3) is 0 Å². The van der Waals surface area contributed by atoms with Gasteiger partial charge in [0.15, 0.2) is 11.6 Å². The molecule has 4 heterocycles. The zero-order chi connectivity index (χ0) is 39.1. The zero-order valence-electron chi connectivity index (χ0n) is 34.0. The number of benzene rings is 1. The average molecular weight is 769 g/mol. The van der Waals surface area contributed by atoms with Gasteiger partial charge in [-0.15, -0.1) is 0 Å². The van der Waals surface area contributed by atoms with Gasteiger partial charge in [0.1, 0.15) is 5.60 Å². The molecule has 4 saturated heterocycles. The van der Waals surface area contributed by atoms with Crippen LogP contribution in [-0.2, 0) is 33.6 Å². The number of rotatable bonds is 8. The van der Waals surface area contributed by atoms with Crippen molar-refractivity contribution in [2.24, 2.45) is 63.8 Å². The van der Waals surface area contributed by atoms with Gasteiger partial charge in [-0.1, -0.05) is 63.9 Å². The number of para-hydroxylation sites is 1. The Balaban J connectivity index is 1.09. The molecule has 0 bridgehead atoms. The Bertz CT molecular complexity index is 1610. The van der Waals surface area contributed by atoms with Gasteiger partial charge < -0.3 is 18.9 Å². The van der Waals surface area contributed by atoms with E-state index in [-0.39, 0.29) is 41.5 Å². The number of carbonyl (C=O) groups excluding carboxylic acids is 1. The lowest BCUT2D eigenvalue weighted by molar-refractivity contribution is -0.461. The summed E-state index contributed by atoms with van der Waals surface area (Å²) in [5.74, 6) is -0.361. The van der Waals surface area contributed by atoms with E-state index in [4.69, 9.17) is 33.6 Å². The van der Waals surface area contributed by atoms with Crippen molar-refractivity contribution < 1.29 is 48.9 Å². The molecule has 306 valence electrons. The average Bonchev–Trinajstić information content (AvgIpc) is 3.74. The van der Waals surface area contributed by atoms with E-state index in [0.717, 1.165) is 38.5 Å². The van der Waals surface area contributed by atoms with E-state index in [9.17, 15) is 15.3 Å². The third-order valence-electron chi connectivity index (χ3n) is 16.2. The molecule has 55 heavy (non-hydrogen) atoms. The molecule has 12 heteroatoms. The maximum absolute atomic E-state index is 13.1. The molecule has 0 radical (unpaired) electrons. The van der Waals surface area contributed by atoms with Gasteiger partial charge in [0.2, 0.25) is 5.79 Å². The van der Waals surface area contributed by atoms with Gasteiger partial charge in [-0.25, -0.2) is 25.1 Å². The van der Waals surface area contributed by atoms with Crippen LogP contribution in [0.3, 0.4) is 0 Å². The van der Waals surface area contributed by atoms with E-state index in [0.29, 0.717) is 72.6 Å². The molecule has 1 spiro atoms. The number of ether oxygens (including phenoxy) is 4. The topological polar surface area (TPSA) is 147 Å². The van der Waals surface area contributed by atoms with E-state index in [1.54, 1.807) is 19.1 Å². The van der Waals surface area contributed by atoms with Crippen LogP contribution in [0.2, 0.25) is 0 Å². The first kappa shape index (κ1) is 39.7.